The maximum atomic E-state index is 9.32. The molecule has 1 rings (SSSR count). The molecule has 1 heterocycles. The molecule has 0 saturated carbocycles. The van der Waals surface area contributed by atoms with Crippen LogP contribution in [-0.4, -0.2) is 21.2 Å². The second kappa shape index (κ2) is 4.08. The summed E-state index contributed by atoms with van der Waals surface area (Å²) in [4.78, 5) is 0. The Labute approximate surface area is 89.0 Å². The Bertz CT molecular complexity index is 245. The average Bonchev–Trinajstić information content (AvgIpc) is 2.07. The largest absolute Gasteiger partial charge is 0.400 e. The van der Waals surface area contributed by atoms with Crippen LogP contribution in [0.5, 0.6) is 0 Å². The van der Waals surface area contributed by atoms with E-state index in [4.69, 9.17) is 4.43 Å². The van der Waals surface area contributed by atoms with Gasteiger partial charge in [-0.05, 0) is 32.0 Å². The minimum atomic E-state index is -1.60. The summed E-state index contributed by atoms with van der Waals surface area (Å²) >= 11 is 0. The van der Waals surface area contributed by atoms with Crippen LogP contribution in [0.1, 0.15) is 13.3 Å². The fourth-order valence-electron chi connectivity index (χ4n) is 2.20. The van der Waals surface area contributed by atoms with Crippen molar-refractivity contribution >= 4 is 15.6 Å². The molecule has 0 aromatic carbocycles. The minimum Gasteiger partial charge on any atom is -0.400 e. The van der Waals surface area contributed by atoms with E-state index in [9.17, 15) is 5.26 Å². The van der Waals surface area contributed by atoms with Crippen molar-refractivity contribution in [1.82, 2.24) is 0 Å². The quantitative estimate of drug-likeness (QED) is 0.654. The monoisotopic (exact) mass is 209 g/mol. The summed E-state index contributed by atoms with van der Waals surface area (Å²) in [5.74, 6) is 0.396. The van der Waals surface area contributed by atoms with Crippen molar-refractivity contribution in [3.63, 3.8) is 0 Å². The lowest BCUT2D eigenvalue weighted by Crippen LogP contribution is -2.48. The molecule has 2 unspecified atom stereocenters. The highest BCUT2D eigenvalue weighted by atomic mass is 28.4. The minimum absolute atomic E-state index is 0.396. The lowest BCUT2D eigenvalue weighted by Gasteiger charge is -2.41. The fourth-order valence-corrected chi connectivity index (χ4v) is 3.65. The predicted octanol–water partition coefficient (Wildman–Crippen LogP) is 2.41. The Morgan fingerprint density at radius 1 is 1.50 bits per heavy atom. The standard InChI is InChI=1S/C10H20BNOSi/c1-9-7-11-6-5-10(9,8-12)13-14(2,3)4/h9,11H,5-7H2,1-4H3. The number of nitriles is 1. The molecule has 1 aliphatic rings. The number of hydrogen-bond donors (Lipinski definition) is 0. The van der Waals surface area contributed by atoms with Gasteiger partial charge >= 0.3 is 0 Å². The summed E-state index contributed by atoms with van der Waals surface area (Å²) in [6.07, 6.45) is 3.20. The molecule has 0 bridgehead atoms. The Hall–Kier alpha value is -0.268. The van der Waals surface area contributed by atoms with Crippen LogP contribution in [0.4, 0.5) is 0 Å². The molecule has 2 atom stereocenters. The first-order valence-corrected chi connectivity index (χ1v) is 8.92. The number of hydrogen-bond acceptors (Lipinski definition) is 2. The Balaban J connectivity index is 2.80. The molecule has 0 aromatic rings. The van der Waals surface area contributed by atoms with E-state index < -0.39 is 13.9 Å². The first kappa shape index (κ1) is 11.8. The van der Waals surface area contributed by atoms with E-state index in [2.05, 4.69) is 32.6 Å². The van der Waals surface area contributed by atoms with E-state index in [1.54, 1.807) is 0 Å². The Morgan fingerprint density at radius 2 is 2.14 bits per heavy atom. The van der Waals surface area contributed by atoms with Crippen LogP contribution in [0.2, 0.25) is 32.3 Å². The van der Waals surface area contributed by atoms with Crippen LogP contribution in [0.15, 0.2) is 0 Å². The van der Waals surface area contributed by atoms with Crippen LogP contribution in [0.3, 0.4) is 0 Å². The summed E-state index contributed by atoms with van der Waals surface area (Å²) in [6, 6.07) is 2.44. The normalized spacial score (nSPS) is 33.2. The molecule has 1 fully saturated rings. The van der Waals surface area contributed by atoms with E-state index in [0.717, 1.165) is 19.1 Å². The predicted molar refractivity (Wildman–Crippen MR) is 63.3 cm³/mol. The summed E-state index contributed by atoms with van der Waals surface area (Å²) in [7, 11) is -0.353. The van der Waals surface area contributed by atoms with Crippen LogP contribution in [0.25, 0.3) is 0 Å². The molecule has 0 aromatic heterocycles. The molecule has 4 heteroatoms. The molecule has 0 spiro atoms. The highest BCUT2D eigenvalue weighted by Crippen LogP contribution is 2.36. The van der Waals surface area contributed by atoms with Crippen molar-refractivity contribution in [3.05, 3.63) is 0 Å². The van der Waals surface area contributed by atoms with Crippen LogP contribution in [-0.2, 0) is 4.43 Å². The van der Waals surface area contributed by atoms with Crippen molar-refractivity contribution in [1.29, 1.82) is 5.26 Å². The lowest BCUT2D eigenvalue weighted by molar-refractivity contribution is 0.0613. The zero-order valence-electron chi connectivity index (χ0n) is 9.76. The molecule has 0 amide bonds. The molecular formula is C10H20BNOSi. The second-order valence-corrected chi connectivity index (χ2v) is 9.79. The third kappa shape index (κ3) is 2.61. The summed E-state index contributed by atoms with van der Waals surface area (Å²) < 4.78 is 6.11. The van der Waals surface area contributed by atoms with Crippen molar-refractivity contribution < 1.29 is 4.43 Å². The number of nitrogens with zero attached hydrogens (tertiary/aromatic N) is 1. The molecule has 0 radical (unpaired) electrons. The smallest absolute Gasteiger partial charge is 0.185 e. The maximum Gasteiger partial charge on any atom is 0.185 e. The van der Waals surface area contributed by atoms with Gasteiger partial charge in [-0.15, -0.1) is 0 Å². The first-order chi connectivity index (χ1) is 6.40. The highest BCUT2D eigenvalue weighted by Gasteiger charge is 2.42. The van der Waals surface area contributed by atoms with E-state index in [-0.39, 0.29) is 0 Å². The van der Waals surface area contributed by atoms with Crippen molar-refractivity contribution in [3.8, 4) is 6.07 Å². The fraction of sp³-hybridized carbons (Fsp3) is 0.900. The average molecular weight is 209 g/mol. The van der Waals surface area contributed by atoms with Crippen molar-refractivity contribution in [2.24, 2.45) is 5.92 Å². The van der Waals surface area contributed by atoms with Crippen LogP contribution >= 0.6 is 0 Å². The van der Waals surface area contributed by atoms with E-state index >= 15 is 0 Å². The van der Waals surface area contributed by atoms with Crippen LogP contribution in [0, 0.1) is 17.2 Å². The van der Waals surface area contributed by atoms with E-state index in [1.165, 1.54) is 7.28 Å². The van der Waals surface area contributed by atoms with Gasteiger partial charge in [-0.25, -0.2) is 0 Å². The molecule has 2 nitrogen and oxygen atoms in total. The van der Waals surface area contributed by atoms with Gasteiger partial charge in [0.25, 0.3) is 0 Å². The molecule has 1 saturated heterocycles. The molecule has 0 aliphatic carbocycles. The zero-order chi connectivity index (χ0) is 10.8. The molecule has 1 aliphatic heterocycles. The lowest BCUT2D eigenvalue weighted by atomic mass is 9.56. The second-order valence-electron chi connectivity index (χ2n) is 5.36. The van der Waals surface area contributed by atoms with Gasteiger partial charge in [0, 0.05) is 0 Å². The topological polar surface area (TPSA) is 33.0 Å². The van der Waals surface area contributed by atoms with Crippen LogP contribution < -0.4 is 0 Å². The Kier molecular flexibility index (Phi) is 3.44. The van der Waals surface area contributed by atoms with Gasteiger partial charge in [0.2, 0.25) is 0 Å². The molecule has 78 valence electrons. The first-order valence-electron chi connectivity index (χ1n) is 5.51. The van der Waals surface area contributed by atoms with Gasteiger partial charge in [-0.1, -0.05) is 19.6 Å². The highest BCUT2D eigenvalue weighted by molar-refractivity contribution is 6.69. The van der Waals surface area contributed by atoms with E-state index in [1.807, 2.05) is 0 Å². The van der Waals surface area contributed by atoms with Crippen molar-refractivity contribution in [2.75, 3.05) is 0 Å². The molecule has 0 N–H and O–H groups in total. The third-order valence-corrected chi connectivity index (χ3v) is 3.89. The van der Waals surface area contributed by atoms with Gasteiger partial charge < -0.3 is 4.43 Å². The van der Waals surface area contributed by atoms with Gasteiger partial charge in [0.1, 0.15) is 12.9 Å². The number of rotatable bonds is 2. The van der Waals surface area contributed by atoms with Gasteiger partial charge in [-0.3, -0.25) is 0 Å². The third-order valence-electron chi connectivity index (χ3n) is 2.91. The molecule has 14 heavy (non-hydrogen) atoms. The SMILES string of the molecule is CC1CBCCC1(C#N)O[Si](C)(C)C. The Morgan fingerprint density at radius 3 is 2.57 bits per heavy atom. The van der Waals surface area contributed by atoms with Gasteiger partial charge in [0.15, 0.2) is 8.32 Å². The van der Waals surface area contributed by atoms with E-state index in [0.29, 0.717) is 5.92 Å². The maximum absolute atomic E-state index is 9.32. The molecular weight excluding hydrogens is 189 g/mol. The van der Waals surface area contributed by atoms with Gasteiger partial charge in [-0.2, -0.15) is 5.26 Å². The van der Waals surface area contributed by atoms with Crippen molar-refractivity contribution in [2.45, 2.75) is 51.2 Å². The summed E-state index contributed by atoms with van der Waals surface area (Å²) in [5.41, 5.74) is -0.470. The summed E-state index contributed by atoms with van der Waals surface area (Å²) in [5, 5.41) is 9.32. The van der Waals surface area contributed by atoms with Gasteiger partial charge in [0.05, 0.1) is 6.07 Å². The summed E-state index contributed by atoms with van der Waals surface area (Å²) in [6.45, 7) is 8.64. The zero-order valence-corrected chi connectivity index (χ0v) is 10.8.